The number of para-hydroxylation sites is 1. The number of hydrogen-bond acceptors (Lipinski definition) is 4. The van der Waals surface area contributed by atoms with Gasteiger partial charge in [0.05, 0.1) is 12.8 Å². The van der Waals surface area contributed by atoms with E-state index in [-0.39, 0.29) is 6.04 Å². The highest BCUT2D eigenvalue weighted by Gasteiger charge is 2.16. The third kappa shape index (κ3) is 4.96. The van der Waals surface area contributed by atoms with E-state index in [2.05, 4.69) is 11.9 Å². The number of rotatable bonds is 9. The van der Waals surface area contributed by atoms with Crippen molar-refractivity contribution in [3.05, 3.63) is 53.9 Å². The average molecular weight is 314 g/mol. The van der Waals surface area contributed by atoms with Gasteiger partial charge in [-0.1, -0.05) is 44.4 Å². The van der Waals surface area contributed by atoms with Gasteiger partial charge in [-0.05, 0) is 24.6 Å². The molecule has 0 fully saturated rings. The lowest BCUT2D eigenvalue weighted by atomic mass is 10.00. The molecule has 1 aromatic carbocycles. The van der Waals surface area contributed by atoms with Gasteiger partial charge >= 0.3 is 0 Å². The van der Waals surface area contributed by atoms with Crippen LogP contribution in [0.5, 0.6) is 11.5 Å². The predicted octanol–water partition coefficient (Wildman–Crippen LogP) is 4.25. The first-order valence-corrected chi connectivity index (χ1v) is 8.21. The topological polar surface area (TPSA) is 57.4 Å². The van der Waals surface area contributed by atoms with Gasteiger partial charge < -0.3 is 15.2 Å². The van der Waals surface area contributed by atoms with Crippen LogP contribution in [-0.2, 0) is 6.61 Å². The van der Waals surface area contributed by atoms with Crippen molar-refractivity contribution in [3.63, 3.8) is 0 Å². The van der Waals surface area contributed by atoms with Crippen molar-refractivity contribution in [1.82, 2.24) is 4.98 Å². The van der Waals surface area contributed by atoms with Gasteiger partial charge in [-0.25, -0.2) is 0 Å². The van der Waals surface area contributed by atoms with E-state index < -0.39 is 0 Å². The molecule has 1 atom stereocenters. The maximum Gasteiger partial charge on any atom is 0.166 e. The van der Waals surface area contributed by atoms with Gasteiger partial charge in [-0.2, -0.15) is 0 Å². The molecule has 1 unspecified atom stereocenters. The van der Waals surface area contributed by atoms with Crippen molar-refractivity contribution in [2.24, 2.45) is 5.73 Å². The number of unbranched alkanes of at least 4 members (excludes halogenated alkanes) is 2. The highest BCUT2D eigenvalue weighted by Crippen LogP contribution is 2.36. The summed E-state index contributed by atoms with van der Waals surface area (Å²) in [4.78, 5) is 4.29. The van der Waals surface area contributed by atoms with Crippen molar-refractivity contribution >= 4 is 0 Å². The van der Waals surface area contributed by atoms with Crippen molar-refractivity contribution in [2.75, 3.05) is 7.11 Å². The maximum absolute atomic E-state index is 6.38. The number of aromatic nitrogens is 1. The number of ether oxygens (including phenoxy) is 2. The lowest BCUT2D eigenvalue weighted by Gasteiger charge is -2.19. The summed E-state index contributed by atoms with van der Waals surface area (Å²) in [7, 11) is 1.65. The van der Waals surface area contributed by atoms with Crippen molar-refractivity contribution in [2.45, 2.75) is 45.3 Å². The Kier molecular flexibility index (Phi) is 6.88. The predicted molar refractivity (Wildman–Crippen MR) is 92.6 cm³/mol. The monoisotopic (exact) mass is 314 g/mol. The van der Waals surface area contributed by atoms with Crippen LogP contribution >= 0.6 is 0 Å². The molecule has 0 amide bonds. The second-order valence-electron chi connectivity index (χ2n) is 5.59. The lowest BCUT2D eigenvalue weighted by molar-refractivity contribution is 0.275. The molecule has 0 aliphatic carbocycles. The average Bonchev–Trinajstić information content (AvgIpc) is 2.60. The number of pyridine rings is 1. The Labute approximate surface area is 138 Å². The Bertz CT molecular complexity index is 587. The van der Waals surface area contributed by atoms with E-state index in [1.165, 1.54) is 12.8 Å². The Morgan fingerprint density at radius 2 is 2.00 bits per heavy atom. The largest absolute Gasteiger partial charge is 0.493 e. The van der Waals surface area contributed by atoms with Gasteiger partial charge in [0.15, 0.2) is 11.5 Å². The second kappa shape index (κ2) is 9.16. The van der Waals surface area contributed by atoms with Crippen LogP contribution in [0.2, 0.25) is 0 Å². The van der Waals surface area contributed by atoms with Crippen molar-refractivity contribution in [3.8, 4) is 11.5 Å². The van der Waals surface area contributed by atoms with Gasteiger partial charge in [-0.3, -0.25) is 4.98 Å². The molecule has 0 saturated heterocycles. The fourth-order valence-corrected chi connectivity index (χ4v) is 2.54. The van der Waals surface area contributed by atoms with Crippen molar-refractivity contribution < 1.29 is 9.47 Å². The zero-order valence-corrected chi connectivity index (χ0v) is 14.0. The molecular weight excluding hydrogens is 288 g/mol. The number of nitrogens with zero attached hydrogens (tertiary/aromatic N) is 1. The number of methoxy groups -OCH3 is 1. The van der Waals surface area contributed by atoms with Gasteiger partial charge in [0.1, 0.15) is 6.61 Å². The molecule has 4 heteroatoms. The quantitative estimate of drug-likeness (QED) is 0.703. The minimum atomic E-state index is -0.0459. The molecule has 2 aromatic rings. The fraction of sp³-hybridized carbons (Fsp3) is 0.421. The fourth-order valence-electron chi connectivity index (χ4n) is 2.54. The molecule has 0 saturated carbocycles. The van der Waals surface area contributed by atoms with Crippen LogP contribution in [0.1, 0.15) is 49.9 Å². The summed E-state index contributed by atoms with van der Waals surface area (Å²) in [6.07, 6.45) is 6.21. The number of nitrogens with two attached hydrogens (primary N) is 1. The first-order chi connectivity index (χ1) is 11.3. The lowest BCUT2D eigenvalue weighted by Crippen LogP contribution is -2.13. The van der Waals surface area contributed by atoms with E-state index in [9.17, 15) is 0 Å². The molecule has 2 N–H and O–H groups in total. The first-order valence-electron chi connectivity index (χ1n) is 8.21. The Morgan fingerprint density at radius 3 is 2.70 bits per heavy atom. The minimum absolute atomic E-state index is 0.0459. The molecular formula is C19H26N2O2. The molecule has 23 heavy (non-hydrogen) atoms. The summed E-state index contributed by atoms with van der Waals surface area (Å²) in [5.74, 6) is 1.44. The number of benzene rings is 1. The molecule has 1 heterocycles. The van der Waals surface area contributed by atoms with E-state index >= 15 is 0 Å². The highest BCUT2D eigenvalue weighted by atomic mass is 16.5. The molecule has 0 spiro atoms. The highest BCUT2D eigenvalue weighted by molar-refractivity contribution is 5.48. The molecule has 0 aliphatic heterocycles. The van der Waals surface area contributed by atoms with E-state index in [0.717, 1.165) is 29.8 Å². The third-order valence-corrected chi connectivity index (χ3v) is 3.84. The van der Waals surface area contributed by atoms with Crippen LogP contribution in [0.15, 0.2) is 42.6 Å². The molecule has 1 aromatic heterocycles. The summed E-state index contributed by atoms with van der Waals surface area (Å²) in [5, 5.41) is 0. The molecule has 0 radical (unpaired) electrons. The van der Waals surface area contributed by atoms with Crippen LogP contribution in [0, 0.1) is 0 Å². The van der Waals surface area contributed by atoms with Crippen molar-refractivity contribution in [1.29, 1.82) is 0 Å². The Hall–Kier alpha value is -2.07. The van der Waals surface area contributed by atoms with E-state index in [0.29, 0.717) is 12.4 Å². The third-order valence-electron chi connectivity index (χ3n) is 3.84. The van der Waals surface area contributed by atoms with E-state index in [1.807, 2.05) is 36.4 Å². The smallest absolute Gasteiger partial charge is 0.166 e. The van der Waals surface area contributed by atoms with Crippen LogP contribution in [0.4, 0.5) is 0 Å². The summed E-state index contributed by atoms with van der Waals surface area (Å²) >= 11 is 0. The van der Waals surface area contributed by atoms with E-state index in [4.69, 9.17) is 15.2 Å². The van der Waals surface area contributed by atoms with Crippen LogP contribution in [0.3, 0.4) is 0 Å². The maximum atomic E-state index is 6.38. The summed E-state index contributed by atoms with van der Waals surface area (Å²) in [6, 6.07) is 11.6. The standard InChI is InChI=1S/C19H26N2O2/c1-3-4-5-11-17(20)16-10-8-12-18(22-2)19(16)23-14-15-9-6-7-13-21-15/h6-10,12-13,17H,3-5,11,14,20H2,1-2H3. The normalized spacial score (nSPS) is 12.0. The molecule has 0 bridgehead atoms. The minimum Gasteiger partial charge on any atom is -0.493 e. The van der Waals surface area contributed by atoms with Gasteiger partial charge in [0.25, 0.3) is 0 Å². The van der Waals surface area contributed by atoms with Crippen LogP contribution in [-0.4, -0.2) is 12.1 Å². The molecule has 2 rings (SSSR count). The molecule has 0 aliphatic rings. The van der Waals surface area contributed by atoms with E-state index in [1.54, 1.807) is 13.3 Å². The first kappa shape index (κ1) is 17.3. The summed E-state index contributed by atoms with van der Waals surface area (Å²) in [6.45, 7) is 2.59. The molecule has 124 valence electrons. The van der Waals surface area contributed by atoms with Gasteiger partial charge in [0, 0.05) is 17.8 Å². The Morgan fingerprint density at radius 1 is 1.13 bits per heavy atom. The van der Waals surface area contributed by atoms with Crippen LogP contribution in [0.25, 0.3) is 0 Å². The zero-order chi connectivity index (χ0) is 16.5. The number of hydrogen-bond donors (Lipinski definition) is 1. The summed E-state index contributed by atoms with van der Waals surface area (Å²) in [5.41, 5.74) is 8.25. The SMILES string of the molecule is CCCCCC(N)c1cccc(OC)c1OCc1ccccn1. The Balaban J connectivity index is 2.14. The van der Waals surface area contributed by atoms with Gasteiger partial charge in [-0.15, -0.1) is 0 Å². The van der Waals surface area contributed by atoms with Crippen LogP contribution < -0.4 is 15.2 Å². The second-order valence-corrected chi connectivity index (χ2v) is 5.59. The van der Waals surface area contributed by atoms with Gasteiger partial charge in [0.2, 0.25) is 0 Å². The summed E-state index contributed by atoms with van der Waals surface area (Å²) < 4.78 is 11.5. The zero-order valence-electron chi connectivity index (χ0n) is 14.0. The molecule has 4 nitrogen and oxygen atoms in total.